The molecule has 0 radical (unpaired) electrons. The predicted octanol–water partition coefficient (Wildman–Crippen LogP) is 4.03. The van der Waals surface area contributed by atoms with E-state index >= 15 is 0 Å². The lowest BCUT2D eigenvalue weighted by Gasteiger charge is -2.09. The zero-order valence-corrected chi connectivity index (χ0v) is 18.8. The van der Waals surface area contributed by atoms with Crippen LogP contribution in [0, 0.1) is 0 Å². The van der Waals surface area contributed by atoms with E-state index in [0.29, 0.717) is 27.7 Å². The molecule has 2 aromatic carbocycles. The van der Waals surface area contributed by atoms with Gasteiger partial charge in [-0.25, -0.2) is 4.79 Å². The van der Waals surface area contributed by atoms with E-state index in [2.05, 4.69) is 15.5 Å². The molecule has 2 aromatic heterocycles. The molecule has 9 nitrogen and oxygen atoms in total. The molecule has 0 bridgehead atoms. The number of hydrogen-bond acceptors (Lipinski definition) is 7. The lowest BCUT2D eigenvalue weighted by Crippen LogP contribution is -2.28. The topological polar surface area (TPSA) is 116 Å². The van der Waals surface area contributed by atoms with Crippen LogP contribution in [0.5, 0.6) is 0 Å². The first kappa shape index (κ1) is 22.9. The third kappa shape index (κ3) is 5.21. The minimum absolute atomic E-state index is 0.0410. The largest absolute Gasteiger partial charge is 0.462 e. The molecule has 0 spiro atoms. The summed E-state index contributed by atoms with van der Waals surface area (Å²) in [5.74, 6) is -0.510. The molecule has 1 amide bonds. The fourth-order valence-corrected chi connectivity index (χ4v) is 3.26. The van der Waals surface area contributed by atoms with E-state index in [0.717, 1.165) is 0 Å². The molecular formula is C24H19ClN4O5. The number of esters is 1. The monoisotopic (exact) mass is 478 g/mol. The second kappa shape index (κ2) is 10.1. The van der Waals surface area contributed by atoms with Crippen molar-refractivity contribution in [3.05, 3.63) is 87.8 Å². The number of pyridine rings is 1. The van der Waals surface area contributed by atoms with Gasteiger partial charge in [0, 0.05) is 22.5 Å². The molecule has 0 saturated heterocycles. The summed E-state index contributed by atoms with van der Waals surface area (Å²) in [6.45, 7) is 1.77. The standard InChI is InChI=1S/C24H19ClN4O5/c1-2-33-24(32)16-7-11-18(12-8-16)26-20(30)14-29-13-3-4-19(23(29)31)22-27-21(28-34-22)15-5-9-17(25)10-6-15/h3-13H,2,14H2,1H3,(H,26,30). The number of halogens is 1. The highest BCUT2D eigenvalue weighted by molar-refractivity contribution is 6.30. The van der Waals surface area contributed by atoms with Crippen molar-refractivity contribution < 1.29 is 18.8 Å². The molecule has 1 N–H and O–H groups in total. The van der Waals surface area contributed by atoms with Crippen LogP contribution in [0.3, 0.4) is 0 Å². The molecule has 10 heteroatoms. The molecule has 0 fully saturated rings. The lowest BCUT2D eigenvalue weighted by atomic mass is 10.2. The molecule has 4 rings (SSSR count). The molecule has 0 atom stereocenters. The summed E-state index contributed by atoms with van der Waals surface area (Å²) in [6, 6.07) is 16.3. The van der Waals surface area contributed by atoms with Gasteiger partial charge in [-0.05, 0) is 67.6 Å². The quantitative estimate of drug-likeness (QED) is 0.398. The maximum absolute atomic E-state index is 12.9. The highest BCUT2D eigenvalue weighted by Gasteiger charge is 2.16. The fourth-order valence-electron chi connectivity index (χ4n) is 3.13. The van der Waals surface area contributed by atoms with Crippen molar-refractivity contribution >= 4 is 29.2 Å². The first-order valence-electron chi connectivity index (χ1n) is 10.3. The third-order valence-electron chi connectivity index (χ3n) is 4.77. The molecule has 0 saturated carbocycles. The number of rotatable bonds is 7. The number of amides is 1. The number of nitrogens with zero attached hydrogens (tertiary/aromatic N) is 3. The number of carbonyl (C=O) groups is 2. The Hall–Kier alpha value is -4.24. The van der Waals surface area contributed by atoms with Crippen molar-refractivity contribution in [1.82, 2.24) is 14.7 Å². The van der Waals surface area contributed by atoms with Crippen LogP contribution in [0.4, 0.5) is 5.69 Å². The number of aromatic nitrogens is 3. The summed E-state index contributed by atoms with van der Waals surface area (Å²) in [5, 5.41) is 7.19. The van der Waals surface area contributed by atoms with Crippen molar-refractivity contribution in [3.8, 4) is 22.8 Å². The van der Waals surface area contributed by atoms with Gasteiger partial charge < -0.3 is 19.1 Å². The molecule has 2 heterocycles. The first-order valence-corrected chi connectivity index (χ1v) is 10.7. The van der Waals surface area contributed by atoms with Gasteiger partial charge in [0.1, 0.15) is 12.1 Å². The molecule has 4 aromatic rings. The van der Waals surface area contributed by atoms with E-state index in [1.807, 2.05) is 0 Å². The van der Waals surface area contributed by atoms with Crippen LogP contribution >= 0.6 is 11.6 Å². The number of nitrogens with one attached hydrogen (secondary N) is 1. The fraction of sp³-hybridized carbons (Fsp3) is 0.125. The highest BCUT2D eigenvalue weighted by atomic mass is 35.5. The smallest absolute Gasteiger partial charge is 0.338 e. The molecule has 34 heavy (non-hydrogen) atoms. The summed E-state index contributed by atoms with van der Waals surface area (Å²) in [4.78, 5) is 41.4. The minimum atomic E-state index is -0.457. The van der Waals surface area contributed by atoms with E-state index in [1.54, 1.807) is 67.6 Å². The number of anilines is 1. The number of carbonyl (C=O) groups excluding carboxylic acids is 2. The van der Waals surface area contributed by atoms with Gasteiger partial charge in [-0.15, -0.1) is 0 Å². The Morgan fingerprint density at radius 1 is 1.09 bits per heavy atom. The minimum Gasteiger partial charge on any atom is -0.462 e. The van der Waals surface area contributed by atoms with Crippen LogP contribution < -0.4 is 10.9 Å². The van der Waals surface area contributed by atoms with Crippen LogP contribution in [0.25, 0.3) is 22.8 Å². The van der Waals surface area contributed by atoms with Gasteiger partial charge in [0.05, 0.1) is 12.2 Å². The van der Waals surface area contributed by atoms with E-state index < -0.39 is 17.4 Å². The van der Waals surface area contributed by atoms with Crippen molar-refractivity contribution in [2.75, 3.05) is 11.9 Å². The lowest BCUT2D eigenvalue weighted by molar-refractivity contribution is -0.116. The SMILES string of the molecule is CCOC(=O)c1ccc(NC(=O)Cn2cccc(-c3nc(-c4ccc(Cl)cc4)no3)c2=O)cc1. The van der Waals surface area contributed by atoms with Crippen molar-refractivity contribution in [3.63, 3.8) is 0 Å². The van der Waals surface area contributed by atoms with Crippen molar-refractivity contribution in [1.29, 1.82) is 0 Å². The molecular weight excluding hydrogens is 460 g/mol. The Labute approximate surface area is 198 Å². The molecule has 0 aliphatic rings. The zero-order chi connectivity index (χ0) is 24.1. The molecule has 0 unspecified atom stereocenters. The maximum Gasteiger partial charge on any atom is 0.338 e. The third-order valence-corrected chi connectivity index (χ3v) is 5.02. The van der Waals surface area contributed by atoms with Gasteiger partial charge in [0.15, 0.2) is 0 Å². The molecule has 0 aliphatic carbocycles. The zero-order valence-electron chi connectivity index (χ0n) is 18.0. The van der Waals surface area contributed by atoms with Crippen LogP contribution in [-0.4, -0.2) is 33.2 Å². The number of ether oxygens (including phenoxy) is 1. The van der Waals surface area contributed by atoms with Gasteiger partial charge in [0.2, 0.25) is 11.7 Å². The second-order valence-electron chi connectivity index (χ2n) is 7.13. The van der Waals surface area contributed by atoms with Gasteiger partial charge >= 0.3 is 5.97 Å². The van der Waals surface area contributed by atoms with E-state index in [4.69, 9.17) is 20.9 Å². The predicted molar refractivity (Wildman–Crippen MR) is 125 cm³/mol. The summed E-state index contributed by atoms with van der Waals surface area (Å²) in [5.41, 5.74) is 1.25. The number of hydrogen-bond donors (Lipinski definition) is 1. The molecule has 0 aliphatic heterocycles. The van der Waals surface area contributed by atoms with Crippen LogP contribution in [0.1, 0.15) is 17.3 Å². The van der Waals surface area contributed by atoms with Crippen LogP contribution in [0.15, 0.2) is 76.2 Å². The van der Waals surface area contributed by atoms with Crippen LogP contribution in [0.2, 0.25) is 5.02 Å². The maximum atomic E-state index is 12.9. The Kier molecular flexibility index (Phi) is 6.84. The Balaban J connectivity index is 1.47. The van der Waals surface area contributed by atoms with Gasteiger partial charge in [0.25, 0.3) is 11.4 Å². The summed E-state index contributed by atoms with van der Waals surface area (Å²) in [7, 11) is 0. The first-order chi connectivity index (χ1) is 16.4. The summed E-state index contributed by atoms with van der Waals surface area (Å²) < 4.78 is 11.4. The van der Waals surface area contributed by atoms with Gasteiger partial charge in [-0.2, -0.15) is 4.98 Å². The normalized spacial score (nSPS) is 10.6. The average molecular weight is 479 g/mol. The Bertz CT molecular complexity index is 1380. The second-order valence-corrected chi connectivity index (χ2v) is 7.57. The average Bonchev–Trinajstić information content (AvgIpc) is 3.31. The summed E-state index contributed by atoms with van der Waals surface area (Å²) >= 11 is 5.90. The highest BCUT2D eigenvalue weighted by Crippen LogP contribution is 2.21. The van der Waals surface area contributed by atoms with E-state index in [-0.39, 0.29) is 24.6 Å². The Morgan fingerprint density at radius 3 is 2.53 bits per heavy atom. The van der Waals surface area contributed by atoms with Crippen molar-refractivity contribution in [2.45, 2.75) is 13.5 Å². The van der Waals surface area contributed by atoms with Gasteiger partial charge in [-0.3, -0.25) is 9.59 Å². The van der Waals surface area contributed by atoms with E-state index in [9.17, 15) is 14.4 Å². The number of benzene rings is 2. The van der Waals surface area contributed by atoms with E-state index in [1.165, 1.54) is 10.8 Å². The van der Waals surface area contributed by atoms with Gasteiger partial charge in [-0.1, -0.05) is 16.8 Å². The summed E-state index contributed by atoms with van der Waals surface area (Å²) in [6.07, 6.45) is 1.49. The molecule has 172 valence electrons. The van der Waals surface area contributed by atoms with Crippen molar-refractivity contribution in [2.24, 2.45) is 0 Å². The Morgan fingerprint density at radius 2 is 1.82 bits per heavy atom. The van der Waals surface area contributed by atoms with Crippen LogP contribution in [-0.2, 0) is 16.1 Å².